The molecule has 0 bridgehead atoms. The molecule has 0 spiro atoms. The number of benzene rings is 4. The zero-order chi connectivity index (χ0) is 26.2. The van der Waals surface area contributed by atoms with Gasteiger partial charge in [-0.15, -0.1) is 0 Å². The van der Waals surface area contributed by atoms with E-state index in [1.54, 1.807) is 0 Å². The summed E-state index contributed by atoms with van der Waals surface area (Å²) in [7, 11) is 0. The number of rotatable bonds is 4. The van der Waals surface area contributed by atoms with Crippen molar-refractivity contribution in [3.63, 3.8) is 0 Å². The number of hydrogen-bond acceptors (Lipinski definition) is 3. The summed E-state index contributed by atoms with van der Waals surface area (Å²) < 4.78 is 0. The van der Waals surface area contributed by atoms with Crippen LogP contribution in [0.25, 0.3) is 66.8 Å². The largest absolute Gasteiger partial charge is 0.246 e. The van der Waals surface area contributed by atoms with Gasteiger partial charge in [-0.3, -0.25) is 0 Å². The minimum Gasteiger partial charge on any atom is -0.246 e. The maximum Gasteiger partial charge on any atom is 0.0975 e. The first-order chi connectivity index (χ1) is 19.2. The van der Waals surface area contributed by atoms with E-state index in [0.717, 1.165) is 72.4 Å². The molecule has 0 N–H and O–H groups in total. The van der Waals surface area contributed by atoms with Crippen LogP contribution in [0.3, 0.4) is 0 Å². The molecule has 0 saturated carbocycles. The molecule has 3 heteroatoms. The van der Waals surface area contributed by atoms with Crippen molar-refractivity contribution >= 4 is 21.8 Å². The number of aromatic nitrogens is 3. The highest BCUT2D eigenvalue weighted by Gasteiger charge is 2.14. The molecule has 0 aliphatic rings. The lowest BCUT2D eigenvalue weighted by atomic mass is 10.00. The second-order valence-electron chi connectivity index (χ2n) is 9.78. The first kappa shape index (κ1) is 23.0. The Hall–Kier alpha value is -5.15. The van der Waals surface area contributed by atoms with E-state index in [9.17, 15) is 0 Å². The zero-order valence-corrected chi connectivity index (χ0v) is 21.5. The van der Waals surface area contributed by atoms with Crippen LogP contribution in [0.15, 0.2) is 133 Å². The zero-order valence-electron chi connectivity index (χ0n) is 21.5. The molecule has 0 saturated heterocycles. The Balaban J connectivity index is 1.46. The highest BCUT2D eigenvalue weighted by Crippen LogP contribution is 2.33. The van der Waals surface area contributed by atoms with Gasteiger partial charge < -0.3 is 0 Å². The van der Waals surface area contributed by atoms with Gasteiger partial charge in [0.05, 0.1) is 33.8 Å². The van der Waals surface area contributed by atoms with Crippen molar-refractivity contribution in [2.24, 2.45) is 0 Å². The normalized spacial score (nSPS) is 11.2. The number of nitrogens with zero attached hydrogens (tertiary/aromatic N) is 3. The third-order valence-corrected chi connectivity index (χ3v) is 7.18. The van der Waals surface area contributed by atoms with E-state index in [-0.39, 0.29) is 0 Å². The van der Waals surface area contributed by atoms with E-state index in [4.69, 9.17) is 15.0 Å². The van der Waals surface area contributed by atoms with E-state index < -0.39 is 0 Å². The summed E-state index contributed by atoms with van der Waals surface area (Å²) >= 11 is 0. The molecule has 3 heterocycles. The molecular weight excluding hydrogens is 474 g/mol. The molecule has 184 valence electrons. The van der Waals surface area contributed by atoms with Crippen molar-refractivity contribution in [1.82, 2.24) is 15.0 Å². The predicted octanol–water partition coefficient (Wildman–Crippen LogP) is 9.15. The van der Waals surface area contributed by atoms with E-state index >= 15 is 0 Å². The van der Waals surface area contributed by atoms with E-state index in [2.05, 4.69) is 97.9 Å². The number of fused-ring (bicyclic) bond motifs is 3. The van der Waals surface area contributed by atoms with Crippen LogP contribution in [-0.4, -0.2) is 15.0 Å². The smallest absolute Gasteiger partial charge is 0.0975 e. The van der Waals surface area contributed by atoms with Crippen LogP contribution >= 0.6 is 0 Å². The van der Waals surface area contributed by atoms with Crippen molar-refractivity contribution in [1.29, 1.82) is 0 Å². The molecule has 0 aliphatic heterocycles. The molecule has 0 radical (unpaired) electrons. The van der Waals surface area contributed by atoms with Crippen molar-refractivity contribution in [3.8, 4) is 45.0 Å². The van der Waals surface area contributed by atoms with E-state index in [0.29, 0.717) is 0 Å². The Kier molecular flexibility index (Phi) is 5.68. The minimum absolute atomic E-state index is 0.842. The van der Waals surface area contributed by atoms with Crippen LogP contribution in [-0.2, 0) is 0 Å². The molecule has 7 aromatic rings. The summed E-state index contributed by atoms with van der Waals surface area (Å²) in [4.78, 5) is 15.4. The van der Waals surface area contributed by atoms with Gasteiger partial charge in [0.25, 0.3) is 0 Å². The Bertz CT molecular complexity index is 1890. The lowest BCUT2D eigenvalue weighted by Gasteiger charge is -2.12. The van der Waals surface area contributed by atoms with E-state index in [1.165, 1.54) is 0 Å². The lowest BCUT2D eigenvalue weighted by Crippen LogP contribution is -1.96. The molecule has 0 aliphatic carbocycles. The maximum absolute atomic E-state index is 5.21. The molecule has 4 aromatic carbocycles. The first-order valence-electron chi connectivity index (χ1n) is 13.1. The third kappa shape index (κ3) is 4.34. The summed E-state index contributed by atoms with van der Waals surface area (Å²) in [5, 5.41) is 2.17. The second kappa shape index (κ2) is 9.62. The Morgan fingerprint density at radius 3 is 1.62 bits per heavy atom. The molecule has 0 unspecified atom stereocenters. The highest BCUT2D eigenvalue weighted by molar-refractivity contribution is 6.05. The summed E-state index contributed by atoms with van der Waals surface area (Å²) in [5.41, 5.74) is 10.9. The average Bonchev–Trinajstić information content (AvgIpc) is 3.01. The fourth-order valence-electron chi connectivity index (χ4n) is 5.16. The Morgan fingerprint density at radius 1 is 0.385 bits per heavy atom. The molecule has 3 aromatic heterocycles. The molecule has 0 atom stereocenters. The highest BCUT2D eigenvalue weighted by atomic mass is 14.8. The SMILES string of the molecule is Cc1cc(-c2cc(-c3ccccc3)cc(-c3ccccc3)n2)nc2c1ccc1ccc(-c3ccccc3)nc12. The number of pyridine rings is 3. The summed E-state index contributed by atoms with van der Waals surface area (Å²) in [6.45, 7) is 2.14. The summed E-state index contributed by atoms with van der Waals surface area (Å²) in [5.74, 6) is 0. The molecule has 0 fully saturated rings. The van der Waals surface area contributed by atoms with Crippen molar-refractivity contribution < 1.29 is 0 Å². The van der Waals surface area contributed by atoms with Crippen LogP contribution in [0.5, 0.6) is 0 Å². The fourth-order valence-corrected chi connectivity index (χ4v) is 5.16. The fraction of sp³-hybridized carbons (Fsp3) is 0.0278. The average molecular weight is 500 g/mol. The molecule has 39 heavy (non-hydrogen) atoms. The topological polar surface area (TPSA) is 38.7 Å². The number of hydrogen-bond donors (Lipinski definition) is 0. The molecule has 0 amide bonds. The lowest BCUT2D eigenvalue weighted by molar-refractivity contribution is 1.26. The second-order valence-corrected chi connectivity index (χ2v) is 9.78. The molecular formula is C36H25N3. The summed E-state index contributed by atoms with van der Waals surface area (Å²) in [6.07, 6.45) is 0. The monoisotopic (exact) mass is 499 g/mol. The number of aryl methyl sites for hydroxylation is 1. The van der Waals surface area contributed by atoms with Gasteiger partial charge in [0.1, 0.15) is 0 Å². The Labute approximate surface area is 227 Å². The van der Waals surface area contributed by atoms with Gasteiger partial charge in [0, 0.05) is 21.9 Å². The van der Waals surface area contributed by atoms with Gasteiger partial charge >= 0.3 is 0 Å². The maximum atomic E-state index is 5.21. The van der Waals surface area contributed by atoms with Crippen molar-refractivity contribution in [2.75, 3.05) is 0 Å². The van der Waals surface area contributed by atoms with Crippen LogP contribution in [0.1, 0.15) is 5.56 Å². The van der Waals surface area contributed by atoms with Crippen molar-refractivity contribution in [3.05, 3.63) is 139 Å². The van der Waals surface area contributed by atoms with E-state index in [1.807, 2.05) is 42.5 Å². The summed E-state index contributed by atoms with van der Waals surface area (Å²) in [6, 6.07) is 46.0. The third-order valence-electron chi connectivity index (χ3n) is 7.18. The van der Waals surface area contributed by atoms with Crippen LogP contribution in [0.2, 0.25) is 0 Å². The predicted molar refractivity (Wildman–Crippen MR) is 161 cm³/mol. The quantitative estimate of drug-likeness (QED) is 0.227. The van der Waals surface area contributed by atoms with Crippen LogP contribution in [0, 0.1) is 6.92 Å². The van der Waals surface area contributed by atoms with Gasteiger partial charge in [-0.1, -0.05) is 109 Å². The van der Waals surface area contributed by atoms with Crippen molar-refractivity contribution in [2.45, 2.75) is 6.92 Å². The molecule has 7 rings (SSSR count). The molecule has 3 nitrogen and oxygen atoms in total. The van der Waals surface area contributed by atoms with Crippen LogP contribution < -0.4 is 0 Å². The van der Waals surface area contributed by atoms with Crippen LogP contribution in [0.4, 0.5) is 0 Å². The Morgan fingerprint density at radius 2 is 0.923 bits per heavy atom. The van der Waals surface area contributed by atoms with Gasteiger partial charge in [0.15, 0.2) is 0 Å². The van der Waals surface area contributed by atoms with Gasteiger partial charge in [-0.05, 0) is 47.9 Å². The van der Waals surface area contributed by atoms with Gasteiger partial charge in [-0.25, -0.2) is 15.0 Å². The van der Waals surface area contributed by atoms with Gasteiger partial charge in [-0.2, -0.15) is 0 Å². The minimum atomic E-state index is 0.842. The van der Waals surface area contributed by atoms with Gasteiger partial charge in [0.2, 0.25) is 0 Å². The standard InChI is InChI=1S/C36H25N3/c1-24-21-33(34-23-29(25-11-5-2-6-12-25)22-32(37-34)27-15-9-4-10-16-27)39-36-30(24)19-17-28-18-20-31(38-35(28)36)26-13-7-3-8-14-26/h2-23H,1H3. The first-order valence-corrected chi connectivity index (χ1v) is 13.1.